The van der Waals surface area contributed by atoms with E-state index in [4.69, 9.17) is 4.74 Å². The lowest BCUT2D eigenvalue weighted by atomic mass is 10.1. The predicted molar refractivity (Wildman–Crippen MR) is 102 cm³/mol. The van der Waals surface area contributed by atoms with E-state index in [0.29, 0.717) is 12.1 Å². The third-order valence-corrected chi connectivity index (χ3v) is 4.09. The van der Waals surface area contributed by atoms with Crippen LogP contribution in [0.3, 0.4) is 0 Å². The van der Waals surface area contributed by atoms with Gasteiger partial charge in [-0.25, -0.2) is 9.48 Å². The van der Waals surface area contributed by atoms with Crippen molar-refractivity contribution >= 4 is 11.9 Å². The van der Waals surface area contributed by atoms with Gasteiger partial charge in [-0.2, -0.15) is 5.10 Å². The van der Waals surface area contributed by atoms with Crippen LogP contribution in [0.4, 0.5) is 0 Å². The van der Waals surface area contributed by atoms with Crippen LogP contribution in [0.2, 0.25) is 0 Å². The Morgan fingerprint density at radius 2 is 1.78 bits per heavy atom. The molecule has 0 aliphatic carbocycles. The van der Waals surface area contributed by atoms with E-state index in [-0.39, 0.29) is 12.5 Å². The number of nitrogens with one attached hydrogen (secondary N) is 1. The molecule has 3 rings (SSSR count). The zero-order chi connectivity index (χ0) is 19.1. The van der Waals surface area contributed by atoms with Crippen molar-refractivity contribution in [1.82, 2.24) is 15.1 Å². The highest BCUT2D eigenvalue weighted by Gasteiger charge is 2.11. The van der Waals surface area contributed by atoms with Crippen molar-refractivity contribution in [3.05, 3.63) is 83.7 Å². The molecule has 1 heterocycles. The smallest absolute Gasteiger partial charge is 0.338 e. The van der Waals surface area contributed by atoms with Crippen LogP contribution in [-0.2, 0) is 16.0 Å². The van der Waals surface area contributed by atoms with Gasteiger partial charge in [0, 0.05) is 18.4 Å². The van der Waals surface area contributed by atoms with E-state index < -0.39 is 5.97 Å². The zero-order valence-corrected chi connectivity index (χ0v) is 15.1. The maximum atomic E-state index is 12.1. The lowest BCUT2D eigenvalue weighted by Gasteiger charge is -2.08. The highest BCUT2D eigenvalue weighted by Crippen LogP contribution is 2.12. The Balaban J connectivity index is 1.44. The molecule has 1 aromatic heterocycles. The first-order valence-corrected chi connectivity index (χ1v) is 8.72. The second kappa shape index (κ2) is 8.80. The van der Waals surface area contributed by atoms with Gasteiger partial charge in [0.15, 0.2) is 6.61 Å². The molecule has 0 fully saturated rings. The highest BCUT2D eigenvalue weighted by atomic mass is 16.5. The summed E-state index contributed by atoms with van der Waals surface area (Å²) in [6.45, 7) is 2.15. The fraction of sp³-hybridized carbons (Fsp3) is 0.190. The van der Waals surface area contributed by atoms with E-state index in [9.17, 15) is 9.59 Å². The highest BCUT2D eigenvalue weighted by molar-refractivity contribution is 5.91. The van der Waals surface area contributed by atoms with Gasteiger partial charge in [0.25, 0.3) is 5.91 Å². The molecule has 138 valence electrons. The fourth-order valence-corrected chi connectivity index (χ4v) is 2.63. The molecule has 0 saturated carbocycles. The second-order valence-corrected chi connectivity index (χ2v) is 6.09. The molecule has 27 heavy (non-hydrogen) atoms. The SMILES string of the molecule is Cc1ccnn1-c1ccc(C(=O)OCC(=O)NCCc2ccccc2)cc1. The van der Waals surface area contributed by atoms with Gasteiger partial charge in [-0.3, -0.25) is 4.79 Å². The van der Waals surface area contributed by atoms with Crippen LogP contribution in [0.25, 0.3) is 5.69 Å². The van der Waals surface area contributed by atoms with Crippen LogP contribution < -0.4 is 5.32 Å². The number of esters is 1. The molecule has 0 radical (unpaired) electrons. The average molecular weight is 363 g/mol. The van der Waals surface area contributed by atoms with Crippen molar-refractivity contribution in [2.24, 2.45) is 0 Å². The van der Waals surface area contributed by atoms with Crippen LogP contribution >= 0.6 is 0 Å². The van der Waals surface area contributed by atoms with E-state index >= 15 is 0 Å². The lowest BCUT2D eigenvalue weighted by Crippen LogP contribution is -2.30. The van der Waals surface area contributed by atoms with Gasteiger partial charge in [-0.15, -0.1) is 0 Å². The predicted octanol–water partition coefficient (Wildman–Crippen LogP) is 2.70. The maximum absolute atomic E-state index is 12.1. The molecule has 0 aliphatic rings. The molecule has 1 amide bonds. The molecule has 0 spiro atoms. The van der Waals surface area contributed by atoms with Crippen molar-refractivity contribution in [3.8, 4) is 5.69 Å². The summed E-state index contributed by atoms with van der Waals surface area (Å²) in [6, 6.07) is 18.7. The molecule has 6 heteroatoms. The summed E-state index contributed by atoms with van der Waals surface area (Å²) in [5.74, 6) is -0.847. The summed E-state index contributed by atoms with van der Waals surface area (Å²) in [4.78, 5) is 23.9. The van der Waals surface area contributed by atoms with Crippen molar-refractivity contribution < 1.29 is 14.3 Å². The molecule has 2 aromatic carbocycles. The lowest BCUT2D eigenvalue weighted by molar-refractivity contribution is -0.124. The van der Waals surface area contributed by atoms with E-state index in [2.05, 4.69) is 10.4 Å². The van der Waals surface area contributed by atoms with Crippen molar-refractivity contribution in [2.45, 2.75) is 13.3 Å². The van der Waals surface area contributed by atoms with Gasteiger partial charge in [0.1, 0.15) is 0 Å². The Kier molecular flexibility index (Phi) is 5.99. The first kappa shape index (κ1) is 18.4. The van der Waals surface area contributed by atoms with Crippen molar-refractivity contribution in [1.29, 1.82) is 0 Å². The molecule has 0 unspecified atom stereocenters. The molecular weight excluding hydrogens is 342 g/mol. The Labute approximate surface area is 157 Å². The molecule has 0 aliphatic heterocycles. The number of benzene rings is 2. The minimum absolute atomic E-state index is 0.298. The fourth-order valence-electron chi connectivity index (χ4n) is 2.63. The summed E-state index contributed by atoms with van der Waals surface area (Å²) < 4.78 is 6.85. The molecule has 0 bridgehead atoms. The van der Waals surface area contributed by atoms with Gasteiger partial charge in [-0.05, 0) is 49.2 Å². The first-order valence-electron chi connectivity index (χ1n) is 8.72. The number of aromatic nitrogens is 2. The number of rotatable bonds is 7. The molecular formula is C21H21N3O3. The quantitative estimate of drug-likeness (QED) is 0.655. The third-order valence-electron chi connectivity index (χ3n) is 4.09. The number of hydrogen-bond donors (Lipinski definition) is 1. The number of nitrogens with zero attached hydrogens (tertiary/aromatic N) is 2. The largest absolute Gasteiger partial charge is 0.452 e. The van der Waals surface area contributed by atoms with Crippen molar-refractivity contribution in [2.75, 3.05) is 13.2 Å². The Bertz CT molecular complexity index is 902. The monoisotopic (exact) mass is 363 g/mol. The van der Waals surface area contributed by atoms with Crippen LogP contribution in [0.15, 0.2) is 66.9 Å². The number of amides is 1. The number of hydrogen-bond acceptors (Lipinski definition) is 4. The van der Waals surface area contributed by atoms with E-state index in [1.807, 2.05) is 43.3 Å². The van der Waals surface area contributed by atoms with Crippen molar-refractivity contribution in [3.63, 3.8) is 0 Å². The average Bonchev–Trinajstić information content (AvgIpc) is 3.13. The summed E-state index contributed by atoms with van der Waals surface area (Å²) in [5, 5.41) is 6.96. The normalized spacial score (nSPS) is 10.4. The molecule has 1 N–H and O–H groups in total. The molecule has 0 saturated heterocycles. The number of ether oxygens (including phenoxy) is 1. The van der Waals surface area contributed by atoms with E-state index in [0.717, 1.165) is 23.4 Å². The number of carbonyl (C=O) groups is 2. The summed E-state index contributed by atoms with van der Waals surface area (Å²) in [6.07, 6.45) is 2.45. The summed E-state index contributed by atoms with van der Waals surface area (Å²) >= 11 is 0. The third kappa shape index (κ3) is 5.04. The minimum Gasteiger partial charge on any atom is -0.452 e. The van der Waals surface area contributed by atoms with E-state index in [1.54, 1.807) is 35.1 Å². The molecule has 6 nitrogen and oxygen atoms in total. The maximum Gasteiger partial charge on any atom is 0.338 e. The summed E-state index contributed by atoms with van der Waals surface area (Å²) in [5.41, 5.74) is 3.38. The van der Waals surface area contributed by atoms with Gasteiger partial charge < -0.3 is 10.1 Å². The van der Waals surface area contributed by atoms with Gasteiger partial charge >= 0.3 is 5.97 Å². The topological polar surface area (TPSA) is 73.2 Å². The van der Waals surface area contributed by atoms with Crippen LogP contribution in [0.1, 0.15) is 21.6 Å². The minimum atomic E-state index is -0.531. The Hall–Kier alpha value is -3.41. The van der Waals surface area contributed by atoms with Gasteiger partial charge in [0.2, 0.25) is 0 Å². The van der Waals surface area contributed by atoms with E-state index in [1.165, 1.54) is 0 Å². The molecule has 0 atom stereocenters. The van der Waals surface area contributed by atoms with Gasteiger partial charge in [0.05, 0.1) is 11.3 Å². The Morgan fingerprint density at radius 3 is 2.44 bits per heavy atom. The second-order valence-electron chi connectivity index (χ2n) is 6.09. The number of carbonyl (C=O) groups excluding carboxylic acids is 2. The van der Waals surface area contributed by atoms with Crippen LogP contribution in [0.5, 0.6) is 0 Å². The number of aryl methyl sites for hydroxylation is 1. The Morgan fingerprint density at radius 1 is 1.04 bits per heavy atom. The van der Waals surface area contributed by atoms with Crippen LogP contribution in [-0.4, -0.2) is 34.8 Å². The van der Waals surface area contributed by atoms with Gasteiger partial charge in [-0.1, -0.05) is 30.3 Å². The zero-order valence-electron chi connectivity index (χ0n) is 15.1. The standard InChI is InChI=1S/C21H21N3O3/c1-16-11-14-23-24(16)19-9-7-18(8-10-19)21(26)27-15-20(25)22-13-12-17-5-3-2-4-6-17/h2-11,14H,12-13,15H2,1H3,(H,22,25). The van der Waals surface area contributed by atoms with Crippen LogP contribution in [0, 0.1) is 6.92 Å². The summed E-state index contributed by atoms with van der Waals surface area (Å²) in [7, 11) is 0. The first-order chi connectivity index (χ1) is 13.1. The molecule has 3 aromatic rings.